The highest BCUT2D eigenvalue weighted by molar-refractivity contribution is 5.92. The van der Waals surface area contributed by atoms with Gasteiger partial charge in [0.25, 0.3) is 0 Å². The maximum absolute atomic E-state index is 11.0. The quantitative estimate of drug-likeness (QED) is 0.897. The van der Waals surface area contributed by atoms with Gasteiger partial charge in [0.15, 0.2) is 0 Å². The van der Waals surface area contributed by atoms with Crippen molar-refractivity contribution in [2.75, 3.05) is 0 Å². The summed E-state index contributed by atoms with van der Waals surface area (Å²) < 4.78 is 2.20. The van der Waals surface area contributed by atoms with E-state index in [2.05, 4.69) is 23.4 Å². The fraction of sp³-hybridized carbons (Fsp3) is 0.467. The monoisotopic (exact) mass is 258 g/mol. The van der Waals surface area contributed by atoms with E-state index in [1.165, 1.54) is 12.8 Å². The van der Waals surface area contributed by atoms with E-state index in [0.29, 0.717) is 17.0 Å². The van der Waals surface area contributed by atoms with E-state index >= 15 is 0 Å². The summed E-state index contributed by atoms with van der Waals surface area (Å²) in [5, 5.41) is 9.00. The number of fused-ring (bicyclic) bond motifs is 1. The lowest BCUT2D eigenvalue weighted by atomic mass is 9.92. The normalized spacial score (nSPS) is 21.9. The summed E-state index contributed by atoms with van der Waals surface area (Å²) in [4.78, 5) is 15.3. The number of aromatic nitrogens is 2. The first-order chi connectivity index (χ1) is 8.96. The number of carbonyl (C=O) groups is 1. The summed E-state index contributed by atoms with van der Waals surface area (Å²) in [5.41, 5.74) is 2.49. The van der Waals surface area contributed by atoms with Crippen LogP contribution in [0.4, 0.5) is 0 Å². The molecule has 1 aliphatic carbocycles. The molecule has 1 aromatic carbocycles. The maximum Gasteiger partial charge on any atom is 0.335 e. The zero-order valence-electron chi connectivity index (χ0n) is 11.3. The Bertz CT molecular complexity index is 643. The van der Waals surface area contributed by atoms with Gasteiger partial charge < -0.3 is 9.67 Å². The van der Waals surface area contributed by atoms with Gasteiger partial charge in [-0.1, -0.05) is 13.8 Å². The van der Waals surface area contributed by atoms with Crippen molar-refractivity contribution in [3.05, 3.63) is 30.1 Å². The smallest absolute Gasteiger partial charge is 0.335 e. The fourth-order valence-corrected chi connectivity index (χ4v) is 3.09. The Morgan fingerprint density at radius 3 is 2.89 bits per heavy atom. The summed E-state index contributed by atoms with van der Waals surface area (Å²) in [7, 11) is 0. The first-order valence-electron chi connectivity index (χ1n) is 6.66. The molecule has 1 saturated carbocycles. The van der Waals surface area contributed by atoms with Gasteiger partial charge in [0, 0.05) is 6.04 Å². The lowest BCUT2D eigenvalue weighted by Gasteiger charge is -2.18. The molecular weight excluding hydrogens is 240 g/mol. The zero-order valence-corrected chi connectivity index (χ0v) is 11.3. The van der Waals surface area contributed by atoms with Gasteiger partial charge in [-0.25, -0.2) is 9.78 Å². The van der Waals surface area contributed by atoms with Crippen molar-refractivity contribution in [2.45, 2.75) is 39.2 Å². The van der Waals surface area contributed by atoms with Crippen molar-refractivity contribution >= 4 is 17.0 Å². The number of rotatable bonds is 2. The van der Waals surface area contributed by atoms with E-state index in [9.17, 15) is 4.79 Å². The Balaban J connectivity index is 2.00. The lowest BCUT2D eigenvalue weighted by molar-refractivity contribution is 0.0697. The van der Waals surface area contributed by atoms with Crippen LogP contribution in [-0.2, 0) is 0 Å². The van der Waals surface area contributed by atoms with E-state index in [0.717, 1.165) is 17.5 Å². The number of carboxylic acid groups (broad SMARTS) is 1. The third-order valence-electron chi connectivity index (χ3n) is 4.16. The van der Waals surface area contributed by atoms with E-state index < -0.39 is 5.97 Å². The molecule has 1 unspecified atom stereocenters. The Labute approximate surface area is 112 Å². The average molecular weight is 258 g/mol. The van der Waals surface area contributed by atoms with Gasteiger partial charge in [0.05, 0.1) is 22.9 Å². The van der Waals surface area contributed by atoms with Crippen LogP contribution in [0.2, 0.25) is 0 Å². The second kappa shape index (κ2) is 4.08. The van der Waals surface area contributed by atoms with E-state index in [1.54, 1.807) is 12.1 Å². The largest absolute Gasteiger partial charge is 0.478 e. The highest BCUT2D eigenvalue weighted by Gasteiger charge is 2.32. The van der Waals surface area contributed by atoms with Gasteiger partial charge in [0.1, 0.15) is 0 Å². The van der Waals surface area contributed by atoms with E-state index in [4.69, 9.17) is 5.11 Å². The van der Waals surface area contributed by atoms with Crippen LogP contribution in [0.25, 0.3) is 11.0 Å². The predicted molar refractivity (Wildman–Crippen MR) is 73.4 cm³/mol. The molecule has 1 heterocycles. The number of hydrogen-bond donors (Lipinski definition) is 1. The average Bonchev–Trinajstić information content (AvgIpc) is 2.91. The summed E-state index contributed by atoms with van der Waals surface area (Å²) in [5.74, 6) is -0.904. The second-order valence-corrected chi connectivity index (χ2v) is 6.22. The molecule has 19 heavy (non-hydrogen) atoms. The number of imidazole rings is 1. The van der Waals surface area contributed by atoms with E-state index in [-0.39, 0.29) is 0 Å². The lowest BCUT2D eigenvalue weighted by Crippen LogP contribution is -2.08. The van der Waals surface area contributed by atoms with Crippen LogP contribution in [0.3, 0.4) is 0 Å². The molecule has 1 N–H and O–H groups in total. The van der Waals surface area contributed by atoms with Crippen LogP contribution in [0.5, 0.6) is 0 Å². The zero-order chi connectivity index (χ0) is 13.6. The first kappa shape index (κ1) is 12.2. The predicted octanol–water partition coefficient (Wildman–Crippen LogP) is 3.49. The number of benzene rings is 1. The third-order valence-corrected chi connectivity index (χ3v) is 4.16. The number of nitrogens with zero attached hydrogens (tertiary/aromatic N) is 2. The highest BCUT2D eigenvalue weighted by atomic mass is 16.4. The molecule has 0 aliphatic heterocycles. The molecule has 1 fully saturated rings. The molecule has 0 radical (unpaired) electrons. The molecule has 4 nitrogen and oxygen atoms in total. The van der Waals surface area contributed by atoms with Crippen molar-refractivity contribution in [2.24, 2.45) is 5.41 Å². The molecule has 0 amide bonds. The Morgan fingerprint density at radius 2 is 2.26 bits per heavy atom. The van der Waals surface area contributed by atoms with Gasteiger partial charge in [0.2, 0.25) is 0 Å². The van der Waals surface area contributed by atoms with Crippen molar-refractivity contribution in [3.63, 3.8) is 0 Å². The first-order valence-corrected chi connectivity index (χ1v) is 6.66. The number of hydrogen-bond acceptors (Lipinski definition) is 2. The van der Waals surface area contributed by atoms with Crippen molar-refractivity contribution in [3.8, 4) is 0 Å². The third kappa shape index (κ3) is 2.11. The minimum Gasteiger partial charge on any atom is -0.478 e. The molecule has 2 aromatic rings. The van der Waals surface area contributed by atoms with Gasteiger partial charge in [-0.2, -0.15) is 0 Å². The van der Waals surface area contributed by atoms with Crippen molar-refractivity contribution in [1.82, 2.24) is 9.55 Å². The van der Waals surface area contributed by atoms with Crippen LogP contribution >= 0.6 is 0 Å². The molecule has 3 rings (SSSR count). The summed E-state index contributed by atoms with van der Waals surface area (Å²) >= 11 is 0. The summed E-state index contributed by atoms with van der Waals surface area (Å²) in [6, 6.07) is 5.66. The molecule has 0 bridgehead atoms. The molecule has 4 heteroatoms. The molecule has 100 valence electrons. The summed E-state index contributed by atoms with van der Waals surface area (Å²) in [6.07, 6.45) is 5.39. The molecule has 1 aromatic heterocycles. The second-order valence-electron chi connectivity index (χ2n) is 6.22. The molecule has 0 saturated heterocycles. The minimum atomic E-state index is -0.904. The van der Waals surface area contributed by atoms with Gasteiger partial charge in [-0.3, -0.25) is 0 Å². The standard InChI is InChI=1S/C15H18N2O2/c1-15(2)6-5-11(8-15)17-9-16-12-7-10(14(18)19)3-4-13(12)17/h3-4,7,9,11H,5-6,8H2,1-2H3,(H,18,19). The van der Waals surface area contributed by atoms with Crippen LogP contribution < -0.4 is 0 Å². The number of aromatic carboxylic acids is 1. The molecule has 1 atom stereocenters. The topological polar surface area (TPSA) is 55.1 Å². The SMILES string of the molecule is CC1(C)CCC(n2cnc3cc(C(=O)O)ccc32)C1. The van der Waals surface area contributed by atoms with Crippen molar-refractivity contribution < 1.29 is 9.90 Å². The molecule has 1 aliphatic rings. The van der Waals surface area contributed by atoms with Crippen molar-refractivity contribution in [1.29, 1.82) is 0 Å². The highest BCUT2D eigenvalue weighted by Crippen LogP contribution is 2.44. The Kier molecular flexibility index (Phi) is 2.62. The van der Waals surface area contributed by atoms with Gasteiger partial charge in [-0.05, 0) is 42.9 Å². The van der Waals surface area contributed by atoms with E-state index in [1.807, 2.05) is 12.4 Å². The summed E-state index contributed by atoms with van der Waals surface area (Å²) in [6.45, 7) is 4.60. The Morgan fingerprint density at radius 1 is 1.47 bits per heavy atom. The van der Waals surface area contributed by atoms with Gasteiger partial charge in [-0.15, -0.1) is 0 Å². The molecular formula is C15H18N2O2. The Hall–Kier alpha value is -1.84. The van der Waals surface area contributed by atoms with Gasteiger partial charge >= 0.3 is 5.97 Å². The van der Waals surface area contributed by atoms with Crippen LogP contribution in [0.15, 0.2) is 24.5 Å². The maximum atomic E-state index is 11.0. The minimum absolute atomic E-state index is 0.296. The van der Waals surface area contributed by atoms with Crippen LogP contribution in [0.1, 0.15) is 49.5 Å². The molecule has 0 spiro atoms. The number of carboxylic acids is 1. The fourth-order valence-electron chi connectivity index (χ4n) is 3.09. The van der Waals surface area contributed by atoms with Crippen LogP contribution in [-0.4, -0.2) is 20.6 Å². The van der Waals surface area contributed by atoms with Crippen LogP contribution in [0, 0.1) is 5.41 Å².